The van der Waals surface area contributed by atoms with Crippen LogP contribution < -0.4 is 5.32 Å². The molecule has 3 aliphatic carbocycles. The minimum atomic E-state index is -0.867. The van der Waals surface area contributed by atoms with Gasteiger partial charge in [-0.05, 0) is 49.9 Å². The lowest BCUT2D eigenvalue weighted by Crippen LogP contribution is -2.45. The molecule has 0 saturated heterocycles. The van der Waals surface area contributed by atoms with Crippen LogP contribution in [0.1, 0.15) is 64.2 Å². The number of carboxylic acid groups (broad SMARTS) is 1. The van der Waals surface area contributed by atoms with Gasteiger partial charge in [0.15, 0.2) is 0 Å². The van der Waals surface area contributed by atoms with Crippen LogP contribution in [0.25, 0.3) is 0 Å². The lowest BCUT2D eigenvalue weighted by atomic mass is 9.84. The molecule has 2 N–H and O–H groups in total. The lowest BCUT2D eigenvalue weighted by molar-refractivity contribution is -0.143. The highest BCUT2D eigenvalue weighted by Gasteiger charge is 2.44. The molecule has 3 fully saturated rings. The number of carboxylic acids is 1. The van der Waals surface area contributed by atoms with Crippen molar-refractivity contribution in [2.45, 2.75) is 70.3 Å². The molecule has 1 amide bonds. The monoisotopic (exact) mass is 293 g/mol. The number of aliphatic carboxylic acids is 1. The van der Waals surface area contributed by atoms with Crippen LogP contribution in [-0.2, 0) is 9.59 Å². The van der Waals surface area contributed by atoms with Crippen molar-refractivity contribution in [1.82, 2.24) is 5.32 Å². The third-order valence-electron chi connectivity index (χ3n) is 5.82. The maximum Gasteiger partial charge on any atom is 0.326 e. The molecule has 0 radical (unpaired) electrons. The number of hydrogen-bond donors (Lipinski definition) is 2. The van der Waals surface area contributed by atoms with Gasteiger partial charge in [0, 0.05) is 5.92 Å². The fourth-order valence-corrected chi connectivity index (χ4v) is 4.36. The fraction of sp³-hybridized carbons (Fsp3) is 0.882. The zero-order valence-electron chi connectivity index (χ0n) is 12.7. The summed E-state index contributed by atoms with van der Waals surface area (Å²) in [5, 5.41) is 12.2. The predicted molar refractivity (Wildman–Crippen MR) is 79.7 cm³/mol. The molecule has 3 saturated carbocycles. The van der Waals surface area contributed by atoms with Crippen molar-refractivity contribution in [3.63, 3.8) is 0 Å². The van der Waals surface area contributed by atoms with Gasteiger partial charge in [0.25, 0.3) is 0 Å². The van der Waals surface area contributed by atoms with E-state index in [4.69, 9.17) is 0 Å². The summed E-state index contributed by atoms with van der Waals surface area (Å²) in [5.74, 6) is 1.27. The van der Waals surface area contributed by atoms with Gasteiger partial charge in [0.1, 0.15) is 6.04 Å². The Kier molecular flexibility index (Phi) is 4.51. The minimum absolute atomic E-state index is 0.0106. The SMILES string of the molecule is O=C(NC(CC1CCCCC1)C(=O)O)C1CCC2CC2C1. The summed E-state index contributed by atoms with van der Waals surface area (Å²) < 4.78 is 0. The van der Waals surface area contributed by atoms with Crippen LogP contribution in [0.2, 0.25) is 0 Å². The molecule has 0 heterocycles. The molecule has 4 atom stereocenters. The number of rotatable bonds is 5. The third-order valence-corrected chi connectivity index (χ3v) is 5.82. The Bertz CT molecular complexity index is 403. The van der Waals surface area contributed by atoms with E-state index in [1.165, 1.54) is 25.7 Å². The first-order valence-corrected chi connectivity index (χ1v) is 8.66. The van der Waals surface area contributed by atoms with E-state index < -0.39 is 12.0 Å². The molecule has 118 valence electrons. The molecular formula is C17H27NO3. The number of fused-ring (bicyclic) bond motifs is 1. The average molecular weight is 293 g/mol. The molecule has 0 spiro atoms. The fourth-order valence-electron chi connectivity index (χ4n) is 4.36. The standard InChI is InChI=1S/C17H27NO3/c19-16(13-7-6-12-9-14(12)10-13)18-15(17(20)21)8-11-4-2-1-3-5-11/h11-15H,1-10H2,(H,18,19)(H,20,21). The Labute approximate surface area is 126 Å². The van der Waals surface area contributed by atoms with E-state index >= 15 is 0 Å². The average Bonchev–Trinajstić information content (AvgIpc) is 3.25. The molecule has 0 aromatic rings. The number of carbonyl (C=O) groups is 2. The Morgan fingerprint density at radius 1 is 1.00 bits per heavy atom. The van der Waals surface area contributed by atoms with Gasteiger partial charge in [0.2, 0.25) is 5.91 Å². The second-order valence-corrected chi connectivity index (χ2v) is 7.40. The van der Waals surface area contributed by atoms with Gasteiger partial charge >= 0.3 is 5.97 Å². The van der Waals surface area contributed by atoms with E-state index in [1.54, 1.807) is 0 Å². The van der Waals surface area contributed by atoms with Crippen molar-refractivity contribution in [2.24, 2.45) is 23.7 Å². The van der Waals surface area contributed by atoms with Crippen molar-refractivity contribution >= 4 is 11.9 Å². The first-order valence-electron chi connectivity index (χ1n) is 8.66. The van der Waals surface area contributed by atoms with Crippen LogP contribution in [-0.4, -0.2) is 23.0 Å². The van der Waals surface area contributed by atoms with Gasteiger partial charge in [-0.25, -0.2) is 4.79 Å². The molecule has 0 aromatic heterocycles. The Hall–Kier alpha value is -1.06. The molecule has 21 heavy (non-hydrogen) atoms. The van der Waals surface area contributed by atoms with Crippen molar-refractivity contribution in [3.05, 3.63) is 0 Å². The molecule has 0 aromatic carbocycles. The number of carbonyl (C=O) groups excluding carboxylic acids is 1. The van der Waals surface area contributed by atoms with E-state index in [9.17, 15) is 14.7 Å². The molecule has 0 aliphatic heterocycles. The van der Waals surface area contributed by atoms with Crippen LogP contribution in [0.15, 0.2) is 0 Å². The van der Waals surface area contributed by atoms with E-state index in [0.29, 0.717) is 12.3 Å². The molecule has 3 rings (SSSR count). The maximum absolute atomic E-state index is 12.3. The van der Waals surface area contributed by atoms with Crippen molar-refractivity contribution in [3.8, 4) is 0 Å². The van der Waals surface area contributed by atoms with E-state index in [0.717, 1.165) is 43.9 Å². The highest BCUT2D eigenvalue weighted by molar-refractivity contribution is 5.85. The summed E-state index contributed by atoms with van der Waals surface area (Å²) in [6.45, 7) is 0. The van der Waals surface area contributed by atoms with Gasteiger partial charge < -0.3 is 10.4 Å². The van der Waals surface area contributed by atoms with Crippen molar-refractivity contribution in [2.75, 3.05) is 0 Å². The molecule has 0 bridgehead atoms. The quantitative estimate of drug-likeness (QED) is 0.819. The molecule has 3 aliphatic rings. The summed E-state index contributed by atoms with van der Waals surface area (Å²) in [7, 11) is 0. The summed E-state index contributed by atoms with van der Waals surface area (Å²) in [6, 6.07) is -0.683. The molecular weight excluding hydrogens is 266 g/mol. The second kappa shape index (κ2) is 6.37. The first kappa shape index (κ1) is 14.9. The van der Waals surface area contributed by atoms with Gasteiger partial charge in [-0.1, -0.05) is 32.1 Å². The smallest absolute Gasteiger partial charge is 0.326 e. The van der Waals surface area contributed by atoms with Crippen LogP contribution in [0.3, 0.4) is 0 Å². The Morgan fingerprint density at radius 3 is 2.43 bits per heavy atom. The van der Waals surface area contributed by atoms with E-state index in [-0.39, 0.29) is 11.8 Å². The minimum Gasteiger partial charge on any atom is -0.480 e. The highest BCUT2D eigenvalue weighted by Crippen LogP contribution is 2.51. The zero-order valence-corrected chi connectivity index (χ0v) is 12.7. The van der Waals surface area contributed by atoms with Gasteiger partial charge in [-0.2, -0.15) is 0 Å². The molecule has 4 unspecified atom stereocenters. The summed E-state index contributed by atoms with van der Waals surface area (Å²) in [4.78, 5) is 23.8. The number of nitrogens with one attached hydrogen (secondary N) is 1. The van der Waals surface area contributed by atoms with E-state index in [1.807, 2.05) is 0 Å². The number of amides is 1. The van der Waals surface area contributed by atoms with Crippen LogP contribution in [0.5, 0.6) is 0 Å². The maximum atomic E-state index is 12.3. The van der Waals surface area contributed by atoms with Crippen molar-refractivity contribution in [1.29, 1.82) is 0 Å². The predicted octanol–water partition coefficient (Wildman–Crippen LogP) is 2.96. The van der Waals surface area contributed by atoms with Crippen LogP contribution in [0.4, 0.5) is 0 Å². The highest BCUT2D eigenvalue weighted by atomic mass is 16.4. The summed E-state index contributed by atoms with van der Waals surface area (Å²) in [5.41, 5.74) is 0. The molecule has 4 heteroatoms. The first-order chi connectivity index (χ1) is 10.1. The second-order valence-electron chi connectivity index (χ2n) is 7.40. The summed E-state index contributed by atoms with van der Waals surface area (Å²) >= 11 is 0. The Balaban J connectivity index is 1.51. The van der Waals surface area contributed by atoms with Gasteiger partial charge in [-0.15, -0.1) is 0 Å². The van der Waals surface area contributed by atoms with Gasteiger partial charge in [0.05, 0.1) is 0 Å². The zero-order chi connectivity index (χ0) is 14.8. The van der Waals surface area contributed by atoms with Crippen LogP contribution in [0, 0.1) is 23.7 Å². The third kappa shape index (κ3) is 3.78. The van der Waals surface area contributed by atoms with Gasteiger partial charge in [-0.3, -0.25) is 4.79 Å². The lowest BCUT2D eigenvalue weighted by Gasteiger charge is -2.27. The van der Waals surface area contributed by atoms with Crippen LogP contribution >= 0.6 is 0 Å². The van der Waals surface area contributed by atoms with Crippen molar-refractivity contribution < 1.29 is 14.7 Å². The normalized spacial score (nSPS) is 33.8. The summed E-state index contributed by atoms with van der Waals surface area (Å²) in [6.07, 6.45) is 10.9. The number of hydrogen-bond acceptors (Lipinski definition) is 2. The van der Waals surface area contributed by atoms with E-state index in [2.05, 4.69) is 5.32 Å². The topological polar surface area (TPSA) is 66.4 Å². The molecule has 4 nitrogen and oxygen atoms in total. The Morgan fingerprint density at radius 2 is 1.76 bits per heavy atom. The largest absolute Gasteiger partial charge is 0.480 e.